The fourth-order valence-electron chi connectivity index (χ4n) is 9.19. The fourth-order valence-corrected chi connectivity index (χ4v) is 9.81. The van der Waals surface area contributed by atoms with E-state index in [9.17, 15) is 23.1 Å². The summed E-state index contributed by atoms with van der Waals surface area (Å²) in [7, 11) is 5.99. The Labute approximate surface area is 615 Å². The lowest BCUT2D eigenvalue weighted by atomic mass is 10.0. The Hall–Kier alpha value is -9.92. The SMILES string of the molecule is CCC(CO)Nc1nc(N)ncc1Oc1cc(Br)ncc1C(C)C.CCN(C)CCNc1nc(N)ncc1Oc1cc(Br)ncc1C(C)C.Cc1ncc(Oc2cc(CC(=O)c3ccc(N(C)C)cc3)ncc2C(C)C)c(N)n1.Cc1ncc(Oc2cc(NCC(F)(F)F)ncc2C(C)C)c(N)n1. The first-order chi connectivity index (χ1) is 48.7. The first-order valence-electron chi connectivity index (χ1n) is 33.1. The summed E-state index contributed by atoms with van der Waals surface area (Å²) in [5.74, 6) is 7.60. The summed E-state index contributed by atoms with van der Waals surface area (Å²) < 4.78 is 62.2. The van der Waals surface area contributed by atoms with Crippen molar-refractivity contribution in [1.29, 1.82) is 0 Å². The van der Waals surface area contributed by atoms with Gasteiger partial charge in [0.05, 0.1) is 49.6 Å². The van der Waals surface area contributed by atoms with Gasteiger partial charge in [0.2, 0.25) is 11.9 Å². The Kier molecular flexibility index (Phi) is 31.0. The summed E-state index contributed by atoms with van der Waals surface area (Å²) in [6, 6.07) is 14.2. The largest absolute Gasteiger partial charge is 0.451 e. The molecule has 9 aromatic rings. The van der Waals surface area contributed by atoms with Crippen LogP contribution in [0.3, 0.4) is 0 Å². The smallest absolute Gasteiger partial charge is 0.405 e. The second-order valence-corrected chi connectivity index (χ2v) is 26.5. The minimum atomic E-state index is -4.34. The number of aryl methyl sites for hydroxylation is 2. The van der Waals surface area contributed by atoms with Crippen molar-refractivity contribution in [2.24, 2.45) is 0 Å². The van der Waals surface area contributed by atoms with Crippen molar-refractivity contribution < 1.29 is 42.0 Å². The van der Waals surface area contributed by atoms with E-state index in [4.69, 9.17) is 41.9 Å². The van der Waals surface area contributed by atoms with Crippen LogP contribution in [0.2, 0.25) is 0 Å². The summed E-state index contributed by atoms with van der Waals surface area (Å²) in [6.45, 7) is 25.2. The third-order valence-corrected chi connectivity index (χ3v) is 16.1. The van der Waals surface area contributed by atoms with Crippen molar-refractivity contribution in [1.82, 2.24) is 64.7 Å². The zero-order valence-electron chi connectivity index (χ0n) is 60.5. The normalized spacial score (nSPS) is 11.4. The van der Waals surface area contributed by atoms with E-state index in [1.54, 1.807) is 50.8 Å². The lowest BCUT2D eigenvalue weighted by Gasteiger charge is -2.19. The maximum absolute atomic E-state index is 12.7. The van der Waals surface area contributed by atoms with Gasteiger partial charge < -0.3 is 72.7 Å². The summed E-state index contributed by atoms with van der Waals surface area (Å²) in [6.07, 6.45) is 9.48. The van der Waals surface area contributed by atoms with Gasteiger partial charge in [0.15, 0.2) is 52.1 Å². The van der Waals surface area contributed by atoms with Crippen LogP contribution in [-0.4, -0.2) is 142 Å². The number of hydrogen-bond acceptors (Lipinski definition) is 27. The summed E-state index contributed by atoms with van der Waals surface area (Å²) in [5, 5.41) is 18.0. The molecule has 0 aliphatic carbocycles. The number of Topliss-reactive ketones (excluding diaryl/α,β-unsaturated/α-hetero) is 1. The molecule has 0 aliphatic rings. The minimum Gasteiger partial charge on any atom is -0.451 e. The number of ketones is 1. The molecule has 1 unspecified atom stereocenters. The third-order valence-electron chi connectivity index (χ3n) is 15.2. The highest BCUT2D eigenvalue weighted by Gasteiger charge is 2.28. The van der Waals surface area contributed by atoms with Crippen LogP contribution in [0.4, 0.5) is 59.8 Å². The zero-order valence-corrected chi connectivity index (χ0v) is 63.7. The second kappa shape index (κ2) is 38.9. The number of rotatable bonds is 27. The van der Waals surface area contributed by atoms with Crippen molar-refractivity contribution in [3.63, 3.8) is 0 Å². The van der Waals surface area contributed by atoms with Crippen LogP contribution in [0, 0.1) is 13.8 Å². The van der Waals surface area contributed by atoms with Gasteiger partial charge in [-0.15, -0.1) is 0 Å². The summed E-state index contributed by atoms with van der Waals surface area (Å²) in [5.41, 5.74) is 29.1. The monoisotopic (exact) mass is 1550 g/mol. The first-order valence-corrected chi connectivity index (χ1v) is 34.7. The van der Waals surface area contributed by atoms with Gasteiger partial charge in [0, 0.05) is 110 Å². The maximum Gasteiger partial charge on any atom is 0.405 e. The molecule has 0 saturated heterocycles. The molecule has 1 atom stereocenters. The van der Waals surface area contributed by atoms with E-state index in [1.165, 1.54) is 24.7 Å². The fraction of sp³-hybridized carbons (Fsp3) is 0.394. The standard InChI is InChI=1S/C23H27N5O2.C17H25BrN6O.C16H22BrN5O2.C15H18F3N5O/c1-14(2)19-12-26-17(10-20(29)16-6-8-18(9-7-16)28(4)5)11-21(19)30-22-13-25-15(3)27-23(22)24;1-5-24(4)7-6-20-16-14(10-22-17(19)23-16)25-13-8-15(18)21-9-12(13)11(2)3;1-4-10(8-23)21-15-13(7-20-16(18)22-15)24-12-5-14(17)19-6-11(12)9(2)3;1-8(2)10-5-21-13(22-7-15(16,17)18)4-11(10)24-12-6-20-9(3)23-14(12)19/h6-9,11-14H,10H2,1-5H3,(H2,24,25,27);8-11H,5-7H2,1-4H3,(H3,19,20,22,23);5-7,9-10,23H,4,8H2,1-3H3,(H3,18,20,21,22);4-6,8H,7H2,1-3H3,(H,21,22)(H2,19,20,23). The highest BCUT2D eigenvalue weighted by molar-refractivity contribution is 9.10. The number of aromatic nitrogens is 12. The number of carbonyl (C=O) groups excluding carboxylic acids is 1. The van der Waals surface area contributed by atoms with E-state index >= 15 is 0 Å². The lowest BCUT2D eigenvalue weighted by molar-refractivity contribution is -0.115. The number of likely N-dealkylation sites (N-methyl/N-ethyl adjacent to an activating group) is 1. The third kappa shape index (κ3) is 25.8. The van der Waals surface area contributed by atoms with Gasteiger partial charge in [0.1, 0.15) is 56.2 Å². The number of nitrogens with one attached hydrogen (secondary N) is 3. The molecule has 1 aromatic carbocycles. The van der Waals surface area contributed by atoms with Crippen molar-refractivity contribution in [3.05, 3.63) is 152 Å². The molecule has 0 saturated carbocycles. The Morgan fingerprint density at radius 1 is 0.553 bits per heavy atom. The average Bonchev–Trinajstić information content (AvgIpc) is 0.841. The molecule has 0 bridgehead atoms. The molecule has 0 amide bonds. The van der Waals surface area contributed by atoms with E-state index in [1.807, 2.05) is 76.3 Å². The van der Waals surface area contributed by atoms with Crippen molar-refractivity contribution in [3.8, 4) is 46.0 Å². The average molecular weight is 1550 g/mol. The zero-order chi connectivity index (χ0) is 75.8. The molecule has 27 nitrogen and oxygen atoms in total. The Morgan fingerprint density at radius 3 is 1.44 bits per heavy atom. The number of anilines is 8. The molecule has 0 aliphatic heterocycles. The maximum atomic E-state index is 12.7. The van der Waals surface area contributed by atoms with Gasteiger partial charge in [0.25, 0.3) is 0 Å². The second-order valence-electron chi connectivity index (χ2n) is 24.9. The number of aliphatic hydroxyl groups is 1. The quantitative estimate of drug-likeness (QED) is 0.0175. The van der Waals surface area contributed by atoms with Crippen molar-refractivity contribution >= 4 is 84.3 Å². The number of hydrogen-bond donors (Lipinski definition) is 8. The highest BCUT2D eigenvalue weighted by atomic mass is 79.9. The molecule has 9 rings (SSSR count). The van der Waals surface area contributed by atoms with E-state index in [-0.39, 0.29) is 83.6 Å². The number of nitrogens with zero attached hydrogens (tertiary/aromatic N) is 14. The molecule has 12 N–H and O–H groups in total. The predicted octanol–water partition coefficient (Wildman–Crippen LogP) is 14.6. The molecule has 552 valence electrons. The molecular formula is C71H92Br2F3N21O6. The number of ether oxygens (including phenoxy) is 4. The number of halogens is 5. The number of alkyl halides is 3. The number of benzene rings is 1. The van der Waals surface area contributed by atoms with Crippen LogP contribution in [0.5, 0.6) is 46.0 Å². The van der Waals surface area contributed by atoms with Crippen LogP contribution < -0.4 is 62.7 Å². The minimum absolute atomic E-state index is 0.00534. The van der Waals surface area contributed by atoms with Crippen LogP contribution in [0.15, 0.2) is 107 Å². The molecule has 8 heterocycles. The Bertz CT molecular complexity index is 4230. The molecule has 8 aromatic heterocycles. The van der Waals surface area contributed by atoms with Gasteiger partial charge in [-0.05, 0) is 114 Å². The lowest BCUT2D eigenvalue weighted by Crippen LogP contribution is -2.25. The predicted molar refractivity (Wildman–Crippen MR) is 404 cm³/mol. The van der Waals surface area contributed by atoms with Gasteiger partial charge in [-0.25, -0.2) is 44.9 Å². The topological polar surface area (TPSA) is 376 Å². The van der Waals surface area contributed by atoms with Crippen LogP contribution >= 0.6 is 31.9 Å². The molecule has 0 fully saturated rings. The Balaban J connectivity index is 0.000000217. The number of nitrogens with two attached hydrogens (primary N) is 4. The van der Waals surface area contributed by atoms with E-state index in [0.717, 1.165) is 59.7 Å². The van der Waals surface area contributed by atoms with E-state index in [0.29, 0.717) is 78.2 Å². The molecule has 0 radical (unpaired) electrons. The van der Waals surface area contributed by atoms with Gasteiger partial charge >= 0.3 is 6.18 Å². The van der Waals surface area contributed by atoms with E-state index < -0.39 is 12.7 Å². The van der Waals surface area contributed by atoms with Crippen molar-refractivity contribution in [2.45, 2.75) is 132 Å². The van der Waals surface area contributed by atoms with Crippen LogP contribution in [0.25, 0.3) is 0 Å². The number of nitrogen functional groups attached to an aromatic ring is 4. The van der Waals surface area contributed by atoms with Gasteiger partial charge in [-0.3, -0.25) is 9.78 Å². The van der Waals surface area contributed by atoms with E-state index in [2.05, 4.69) is 168 Å². The van der Waals surface area contributed by atoms with Crippen LogP contribution in [0.1, 0.15) is 149 Å². The summed E-state index contributed by atoms with van der Waals surface area (Å²) in [4.78, 5) is 66.8. The van der Waals surface area contributed by atoms with Gasteiger partial charge in [-0.2, -0.15) is 23.1 Å². The molecule has 32 heteroatoms. The highest BCUT2D eigenvalue weighted by Crippen LogP contribution is 2.39. The number of carbonyl (C=O) groups is 1. The molecule has 0 spiro atoms. The van der Waals surface area contributed by atoms with Crippen LogP contribution in [-0.2, 0) is 6.42 Å². The Morgan fingerprint density at radius 2 is 0.990 bits per heavy atom. The summed E-state index contributed by atoms with van der Waals surface area (Å²) >= 11 is 6.75. The number of aliphatic hydroxyl groups excluding tert-OH is 1. The van der Waals surface area contributed by atoms with Crippen molar-refractivity contribution in [2.75, 3.05) is 97.7 Å². The molecular weight excluding hydrogens is 1460 g/mol. The number of pyridine rings is 4. The van der Waals surface area contributed by atoms with Gasteiger partial charge in [-0.1, -0.05) is 69.2 Å². The first kappa shape index (κ1) is 82.0. The molecule has 103 heavy (non-hydrogen) atoms.